The van der Waals surface area contributed by atoms with E-state index in [4.69, 9.17) is 4.74 Å². The van der Waals surface area contributed by atoms with Gasteiger partial charge in [0.1, 0.15) is 5.60 Å². The Labute approximate surface area is 96.0 Å². The van der Waals surface area contributed by atoms with Crippen LogP contribution in [0, 0.1) is 0 Å². The van der Waals surface area contributed by atoms with Crippen LogP contribution in [0.4, 0.5) is 4.79 Å². The van der Waals surface area contributed by atoms with Crippen LogP contribution in [-0.4, -0.2) is 52.1 Å². The number of carbonyl (C=O) groups is 1. The van der Waals surface area contributed by atoms with Crippen LogP contribution < -0.4 is 0 Å². The topological polar surface area (TPSA) is 70.0 Å². The van der Waals surface area contributed by atoms with Crippen molar-refractivity contribution < 1.29 is 19.7 Å². The molecule has 0 aromatic carbocycles. The molecule has 16 heavy (non-hydrogen) atoms. The Morgan fingerprint density at radius 3 is 2.50 bits per heavy atom. The summed E-state index contributed by atoms with van der Waals surface area (Å²) in [6.45, 7) is 6.05. The molecule has 0 spiro atoms. The molecular weight excluding hydrogens is 210 g/mol. The molecule has 0 saturated carbocycles. The zero-order valence-electron chi connectivity index (χ0n) is 10.1. The smallest absolute Gasteiger partial charge is 0.410 e. The van der Waals surface area contributed by atoms with Crippen molar-refractivity contribution in [1.82, 2.24) is 4.90 Å². The van der Waals surface area contributed by atoms with Crippen LogP contribution in [0.5, 0.6) is 0 Å². The highest BCUT2D eigenvalue weighted by Gasteiger charge is 2.29. The van der Waals surface area contributed by atoms with Crippen molar-refractivity contribution in [2.45, 2.75) is 51.4 Å². The first-order chi connectivity index (χ1) is 7.29. The zero-order valence-corrected chi connectivity index (χ0v) is 10.1. The highest BCUT2D eigenvalue weighted by atomic mass is 16.6. The summed E-state index contributed by atoms with van der Waals surface area (Å²) >= 11 is 0. The van der Waals surface area contributed by atoms with E-state index < -0.39 is 23.9 Å². The number of β-amino-alcohol motifs (C(OH)–C–C–N with tert-alkyl or cyclic N) is 1. The number of carbonyl (C=O) groups excluding carboxylic acids is 1. The average Bonchev–Trinajstić information content (AvgIpc) is 2.27. The van der Waals surface area contributed by atoms with E-state index in [0.717, 1.165) is 0 Å². The van der Waals surface area contributed by atoms with Crippen LogP contribution in [0.15, 0.2) is 0 Å². The van der Waals surface area contributed by atoms with Gasteiger partial charge in [0.2, 0.25) is 0 Å². The predicted molar refractivity (Wildman–Crippen MR) is 59.1 cm³/mol. The van der Waals surface area contributed by atoms with Crippen molar-refractivity contribution in [3.05, 3.63) is 0 Å². The minimum absolute atomic E-state index is 0.135. The monoisotopic (exact) mass is 231 g/mol. The molecule has 1 fully saturated rings. The zero-order chi connectivity index (χ0) is 12.3. The second-order valence-electron chi connectivity index (χ2n) is 5.20. The van der Waals surface area contributed by atoms with Crippen LogP contribution in [0.3, 0.4) is 0 Å². The molecule has 5 heteroatoms. The number of rotatable bonds is 0. The second kappa shape index (κ2) is 5.01. The summed E-state index contributed by atoms with van der Waals surface area (Å²) < 4.78 is 5.21. The van der Waals surface area contributed by atoms with E-state index in [1.165, 1.54) is 4.90 Å². The summed E-state index contributed by atoms with van der Waals surface area (Å²) in [5.41, 5.74) is -0.535. The molecule has 1 aliphatic heterocycles. The number of amides is 1. The van der Waals surface area contributed by atoms with Gasteiger partial charge in [-0.1, -0.05) is 0 Å². The normalized spacial score (nSPS) is 27.4. The van der Waals surface area contributed by atoms with Crippen molar-refractivity contribution in [3.63, 3.8) is 0 Å². The maximum absolute atomic E-state index is 11.7. The highest BCUT2D eigenvalue weighted by Crippen LogP contribution is 2.15. The van der Waals surface area contributed by atoms with Crippen LogP contribution in [0.25, 0.3) is 0 Å². The standard InChI is InChI=1S/C11H21NO4/c1-11(2,3)16-10(15)12-6-4-5-8(13)9(14)7-12/h8-9,13-14H,4-7H2,1-3H3. The van der Waals surface area contributed by atoms with Crippen LogP contribution in [0.2, 0.25) is 0 Å². The van der Waals surface area contributed by atoms with E-state index in [9.17, 15) is 15.0 Å². The van der Waals surface area contributed by atoms with Gasteiger partial charge < -0.3 is 19.8 Å². The molecule has 5 nitrogen and oxygen atoms in total. The van der Waals surface area contributed by atoms with Gasteiger partial charge in [-0.25, -0.2) is 4.79 Å². The van der Waals surface area contributed by atoms with E-state index in [1.807, 2.05) is 0 Å². The van der Waals surface area contributed by atoms with Crippen molar-refractivity contribution >= 4 is 6.09 Å². The van der Waals surface area contributed by atoms with E-state index >= 15 is 0 Å². The third-order valence-electron chi connectivity index (χ3n) is 2.43. The lowest BCUT2D eigenvalue weighted by Gasteiger charge is -2.27. The molecule has 2 atom stereocenters. The van der Waals surface area contributed by atoms with E-state index in [0.29, 0.717) is 19.4 Å². The van der Waals surface area contributed by atoms with E-state index in [1.54, 1.807) is 20.8 Å². The molecule has 1 heterocycles. The molecule has 1 saturated heterocycles. The maximum atomic E-state index is 11.7. The average molecular weight is 231 g/mol. The third kappa shape index (κ3) is 3.98. The minimum atomic E-state index is -0.880. The van der Waals surface area contributed by atoms with Crippen LogP contribution in [0.1, 0.15) is 33.6 Å². The third-order valence-corrected chi connectivity index (χ3v) is 2.43. The lowest BCUT2D eigenvalue weighted by molar-refractivity contribution is -0.00592. The fourth-order valence-corrected chi connectivity index (χ4v) is 1.61. The van der Waals surface area contributed by atoms with Crippen LogP contribution >= 0.6 is 0 Å². The Kier molecular flexibility index (Phi) is 4.15. The highest BCUT2D eigenvalue weighted by molar-refractivity contribution is 5.68. The number of nitrogens with zero attached hydrogens (tertiary/aromatic N) is 1. The summed E-state index contributed by atoms with van der Waals surface area (Å²) in [5.74, 6) is 0. The predicted octanol–water partition coefficient (Wildman–Crippen LogP) is 0.739. The first-order valence-electron chi connectivity index (χ1n) is 5.63. The van der Waals surface area contributed by atoms with Gasteiger partial charge in [0.05, 0.1) is 18.8 Å². The number of aliphatic hydroxyl groups is 2. The quantitative estimate of drug-likeness (QED) is 0.645. The van der Waals surface area contributed by atoms with Gasteiger partial charge >= 0.3 is 6.09 Å². The minimum Gasteiger partial charge on any atom is -0.444 e. The molecule has 0 aliphatic carbocycles. The number of hydrogen-bond donors (Lipinski definition) is 2. The fraction of sp³-hybridized carbons (Fsp3) is 0.909. The Hall–Kier alpha value is -0.810. The fourth-order valence-electron chi connectivity index (χ4n) is 1.61. The summed E-state index contributed by atoms with van der Waals surface area (Å²) in [6, 6.07) is 0. The van der Waals surface area contributed by atoms with Gasteiger partial charge in [-0.05, 0) is 33.6 Å². The van der Waals surface area contributed by atoms with Gasteiger partial charge in [0.25, 0.3) is 0 Å². The molecule has 2 N–H and O–H groups in total. The van der Waals surface area contributed by atoms with Crippen molar-refractivity contribution in [3.8, 4) is 0 Å². The van der Waals surface area contributed by atoms with Crippen molar-refractivity contribution in [2.75, 3.05) is 13.1 Å². The molecular formula is C11H21NO4. The first kappa shape index (κ1) is 13.3. The maximum Gasteiger partial charge on any atom is 0.410 e. The van der Waals surface area contributed by atoms with Crippen molar-refractivity contribution in [1.29, 1.82) is 0 Å². The summed E-state index contributed by atoms with van der Waals surface area (Å²) in [6.07, 6.45) is -0.860. The molecule has 0 radical (unpaired) electrons. The Balaban J connectivity index is 2.56. The first-order valence-corrected chi connectivity index (χ1v) is 5.63. The molecule has 0 bridgehead atoms. The number of aliphatic hydroxyl groups excluding tert-OH is 2. The SMILES string of the molecule is CC(C)(C)OC(=O)N1CCCC(O)C(O)C1. The Morgan fingerprint density at radius 2 is 1.94 bits per heavy atom. The molecule has 2 unspecified atom stereocenters. The lowest BCUT2D eigenvalue weighted by atomic mass is 10.1. The van der Waals surface area contributed by atoms with Gasteiger partial charge in [-0.3, -0.25) is 0 Å². The molecule has 0 aromatic rings. The molecule has 1 aliphatic rings. The van der Waals surface area contributed by atoms with E-state index in [2.05, 4.69) is 0 Å². The Morgan fingerprint density at radius 1 is 1.31 bits per heavy atom. The lowest BCUT2D eigenvalue weighted by Crippen LogP contribution is -2.42. The largest absolute Gasteiger partial charge is 0.444 e. The molecule has 94 valence electrons. The number of likely N-dealkylation sites (tertiary alicyclic amines) is 1. The van der Waals surface area contributed by atoms with Gasteiger partial charge in [-0.15, -0.1) is 0 Å². The Bertz CT molecular complexity index is 249. The summed E-state index contributed by atoms with van der Waals surface area (Å²) in [5, 5.41) is 19.0. The second-order valence-corrected chi connectivity index (χ2v) is 5.20. The molecule has 0 aromatic heterocycles. The van der Waals surface area contributed by atoms with Gasteiger partial charge in [0, 0.05) is 6.54 Å². The summed E-state index contributed by atoms with van der Waals surface area (Å²) in [7, 11) is 0. The van der Waals surface area contributed by atoms with Crippen molar-refractivity contribution in [2.24, 2.45) is 0 Å². The number of ether oxygens (including phenoxy) is 1. The van der Waals surface area contributed by atoms with Gasteiger partial charge in [0.15, 0.2) is 0 Å². The number of hydrogen-bond acceptors (Lipinski definition) is 4. The molecule has 1 rings (SSSR count). The summed E-state index contributed by atoms with van der Waals surface area (Å²) in [4.78, 5) is 13.2. The van der Waals surface area contributed by atoms with Crippen LogP contribution in [-0.2, 0) is 4.74 Å². The van der Waals surface area contributed by atoms with Gasteiger partial charge in [-0.2, -0.15) is 0 Å². The molecule has 1 amide bonds. The van der Waals surface area contributed by atoms with E-state index in [-0.39, 0.29) is 6.54 Å².